The minimum absolute atomic E-state index is 0.450. The van der Waals surface area contributed by atoms with E-state index >= 15 is 0 Å². The average Bonchev–Trinajstić information content (AvgIpc) is 3.12. The average molecular weight is 299 g/mol. The van der Waals surface area contributed by atoms with Crippen LogP contribution < -0.4 is 5.32 Å². The van der Waals surface area contributed by atoms with Crippen molar-refractivity contribution < 1.29 is 0 Å². The molecular formula is C17H25N5. The molecular weight excluding hydrogens is 274 g/mol. The van der Waals surface area contributed by atoms with Crippen LogP contribution in [0.1, 0.15) is 37.5 Å². The van der Waals surface area contributed by atoms with E-state index in [1.54, 1.807) is 0 Å². The quantitative estimate of drug-likeness (QED) is 0.944. The molecule has 2 aliphatic rings. The minimum atomic E-state index is 0.450. The van der Waals surface area contributed by atoms with Crippen LogP contribution in [0.25, 0.3) is 11.2 Å². The Morgan fingerprint density at radius 3 is 3.05 bits per heavy atom. The second kappa shape index (κ2) is 5.97. The van der Waals surface area contributed by atoms with Crippen molar-refractivity contribution in [2.75, 3.05) is 26.7 Å². The fourth-order valence-corrected chi connectivity index (χ4v) is 3.98. The lowest BCUT2D eigenvalue weighted by atomic mass is 9.99. The van der Waals surface area contributed by atoms with Gasteiger partial charge in [-0.15, -0.1) is 0 Å². The fourth-order valence-electron chi connectivity index (χ4n) is 3.98. The van der Waals surface area contributed by atoms with E-state index in [9.17, 15) is 0 Å². The zero-order valence-corrected chi connectivity index (χ0v) is 13.3. The van der Waals surface area contributed by atoms with Crippen LogP contribution in [0.4, 0.5) is 0 Å². The number of hydrogen-bond donors (Lipinski definition) is 1. The van der Waals surface area contributed by atoms with Crippen LogP contribution in [0.15, 0.2) is 18.3 Å². The van der Waals surface area contributed by atoms with Crippen LogP contribution in [-0.4, -0.2) is 46.1 Å². The van der Waals surface area contributed by atoms with Crippen molar-refractivity contribution in [2.45, 2.75) is 38.3 Å². The predicted octanol–water partition coefficient (Wildman–Crippen LogP) is 2.20. The Hall–Kier alpha value is -1.46. The number of piperidine rings is 1. The van der Waals surface area contributed by atoms with Gasteiger partial charge in [0, 0.05) is 12.7 Å². The SMILES string of the molecule is CN1CCCC1c1nc2cccnc2n1CC1CCCNC1. The van der Waals surface area contributed by atoms with Crippen molar-refractivity contribution in [1.82, 2.24) is 24.8 Å². The summed E-state index contributed by atoms with van der Waals surface area (Å²) in [5.41, 5.74) is 2.10. The van der Waals surface area contributed by atoms with E-state index in [1.807, 2.05) is 12.3 Å². The van der Waals surface area contributed by atoms with E-state index in [-0.39, 0.29) is 0 Å². The Kier molecular flexibility index (Phi) is 3.84. The molecule has 2 aromatic heterocycles. The number of hydrogen-bond acceptors (Lipinski definition) is 4. The molecule has 2 aliphatic heterocycles. The van der Waals surface area contributed by atoms with Crippen molar-refractivity contribution in [3.05, 3.63) is 24.2 Å². The van der Waals surface area contributed by atoms with Gasteiger partial charge in [-0.25, -0.2) is 9.97 Å². The van der Waals surface area contributed by atoms with E-state index in [4.69, 9.17) is 4.98 Å². The van der Waals surface area contributed by atoms with Crippen LogP contribution >= 0.6 is 0 Å². The summed E-state index contributed by atoms with van der Waals surface area (Å²) in [5, 5.41) is 3.53. The Balaban J connectivity index is 1.72. The molecule has 0 bridgehead atoms. The van der Waals surface area contributed by atoms with Gasteiger partial charge in [0.2, 0.25) is 0 Å². The van der Waals surface area contributed by atoms with E-state index < -0.39 is 0 Å². The molecule has 5 nitrogen and oxygen atoms in total. The monoisotopic (exact) mass is 299 g/mol. The summed E-state index contributed by atoms with van der Waals surface area (Å²) >= 11 is 0. The molecule has 2 aromatic rings. The highest BCUT2D eigenvalue weighted by Gasteiger charge is 2.29. The molecule has 22 heavy (non-hydrogen) atoms. The maximum atomic E-state index is 4.95. The molecule has 4 rings (SSSR count). The van der Waals surface area contributed by atoms with E-state index in [1.165, 1.54) is 38.1 Å². The van der Waals surface area contributed by atoms with E-state index in [0.29, 0.717) is 12.0 Å². The summed E-state index contributed by atoms with van der Waals surface area (Å²) < 4.78 is 2.40. The second-order valence-corrected chi connectivity index (χ2v) is 6.78. The van der Waals surface area contributed by atoms with Crippen molar-refractivity contribution in [2.24, 2.45) is 5.92 Å². The maximum Gasteiger partial charge on any atom is 0.160 e. The molecule has 0 spiro atoms. The molecule has 118 valence electrons. The fraction of sp³-hybridized carbons (Fsp3) is 0.647. The lowest BCUT2D eigenvalue weighted by molar-refractivity contribution is 0.284. The first-order valence-electron chi connectivity index (χ1n) is 8.55. The summed E-state index contributed by atoms with van der Waals surface area (Å²) in [4.78, 5) is 12.0. The third kappa shape index (κ3) is 2.52. The van der Waals surface area contributed by atoms with Crippen molar-refractivity contribution in [3.63, 3.8) is 0 Å². The number of likely N-dealkylation sites (tertiary alicyclic amines) is 1. The maximum absolute atomic E-state index is 4.95. The summed E-state index contributed by atoms with van der Waals surface area (Å²) in [6.07, 6.45) is 6.95. The van der Waals surface area contributed by atoms with Crippen LogP contribution in [0.5, 0.6) is 0 Å². The number of rotatable bonds is 3. The van der Waals surface area contributed by atoms with Gasteiger partial charge in [-0.3, -0.25) is 4.90 Å². The molecule has 0 saturated carbocycles. The molecule has 0 radical (unpaired) electrons. The Morgan fingerprint density at radius 2 is 2.27 bits per heavy atom. The number of imidazole rings is 1. The van der Waals surface area contributed by atoms with Gasteiger partial charge in [0.15, 0.2) is 5.65 Å². The highest BCUT2D eigenvalue weighted by atomic mass is 15.2. The third-order valence-electron chi connectivity index (χ3n) is 5.19. The molecule has 2 atom stereocenters. The van der Waals surface area contributed by atoms with E-state index in [0.717, 1.165) is 30.8 Å². The summed E-state index contributed by atoms with van der Waals surface area (Å²) in [6, 6.07) is 4.53. The van der Waals surface area contributed by atoms with Gasteiger partial charge in [0.1, 0.15) is 11.3 Å². The summed E-state index contributed by atoms with van der Waals surface area (Å²) in [7, 11) is 2.22. The first kappa shape index (κ1) is 14.2. The number of aromatic nitrogens is 3. The Bertz CT molecular complexity index is 644. The first-order chi connectivity index (χ1) is 10.8. The molecule has 0 aliphatic carbocycles. The number of nitrogens with zero attached hydrogens (tertiary/aromatic N) is 4. The highest BCUT2D eigenvalue weighted by molar-refractivity contribution is 5.71. The van der Waals surface area contributed by atoms with Crippen LogP contribution in [0.3, 0.4) is 0 Å². The van der Waals surface area contributed by atoms with Crippen molar-refractivity contribution in [3.8, 4) is 0 Å². The Morgan fingerprint density at radius 1 is 1.32 bits per heavy atom. The van der Waals surface area contributed by atoms with Gasteiger partial charge in [0.25, 0.3) is 0 Å². The number of pyridine rings is 1. The smallest absolute Gasteiger partial charge is 0.160 e. The zero-order valence-electron chi connectivity index (χ0n) is 13.3. The lowest BCUT2D eigenvalue weighted by Crippen LogP contribution is -2.33. The second-order valence-electron chi connectivity index (χ2n) is 6.78. The minimum Gasteiger partial charge on any atom is -0.316 e. The third-order valence-corrected chi connectivity index (χ3v) is 5.19. The topological polar surface area (TPSA) is 46.0 Å². The van der Waals surface area contributed by atoms with Gasteiger partial charge < -0.3 is 9.88 Å². The summed E-state index contributed by atoms with van der Waals surface area (Å²) in [6.45, 7) is 4.50. The highest BCUT2D eigenvalue weighted by Crippen LogP contribution is 2.32. The van der Waals surface area contributed by atoms with Gasteiger partial charge in [-0.1, -0.05) is 0 Å². The van der Waals surface area contributed by atoms with Crippen LogP contribution in [-0.2, 0) is 6.54 Å². The standard InChI is InChI=1S/C17H25N5/c1-21-10-4-7-15(21)17-20-14-6-3-9-19-16(14)22(17)12-13-5-2-8-18-11-13/h3,6,9,13,15,18H,2,4-5,7-8,10-12H2,1H3. The van der Waals surface area contributed by atoms with Crippen LogP contribution in [0, 0.1) is 5.92 Å². The predicted molar refractivity (Wildman–Crippen MR) is 87.7 cm³/mol. The zero-order chi connectivity index (χ0) is 14.9. The first-order valence-corrected chi connectivity index (χ1v) is 8.55. The molecule has 5 heteroatoms. The summed E-state index contributed by atoms with van der Waals surface area (Å²) in [5.74, 6) is 1.91. The molecule has 1 N–H and O–H groups in total. The normalized spacial score (nSPS) is 26.8. The van der Waals surface area contributed by atoms with Crippen LogP contribution in [0.2, 0.25) is 0 Å². The largest absolute Gasteiger partial charge is 0.316 e. The molecule has 0 aromatic carbocycles. The molecule has 4 heterocycles. The lowest BCUT2D eigenvalue weighted by Gasteiger charge is -2.26. The number of nitrogens with one attached hydrogen (secondary N) is 1. The van der Waals surface area contributed by atoms with Gasteiger partial charge in [-0.05, 0) is 70.4 Å². The molecule has 2 saturated heterocycles. The molecule has 2 fully saturated rings. The van der Waals surface area contributed by atoms with Gasteiger partial charge in [-0.2, -0.15) is 0 Å². The Labute approximate surface area is 131 Å². The van der Waals surface area contributed by atoms with Crippen molar-refractivity contribution >= 4 is 11.2 Å². The molecule has 0 amide bonds. The van der Waals surface area contributed by atoms with Crippen molar-refractivity contribution in [1.29, 1.82) is 0 Å². The van der Waals surface area contributed by atoms with Gasteiger partial charge >= 0.3 is 0 Å². The molecule has 2 unspecified atom stereocenters. The van der Waals surface area contributed by atoms with E-state index in [2.05, 4.69) is 32.9 Å². The number of fused-ring (bicyclic) bond motifs is 1. The van der Waals surface area contributed by atoms with Gasteiger partial charge in [0.05, 0.1) is 6.04 Å².